The molecule has 2 rings (SSSR count). The first-order valence-corrected chi connectivity index (χ1v) is 7.88. The molecule has 0 unspecified atom stereocenters. The maximum atomic E-state index is 10.1. The fourth-order valence-electron chi connectivity index (χ4n) is 2.30. The highest BCUT2D eigenvalue weighted by Gasteiger charge is 2.13. The number of aliphatic hydroxyl groups excluding tert-OH is 1. The molecule has 0 saturated carbocycles. The molecule has 1 aromatic carbocycles. The number of likely N-dealkylation sites (tertiary alicyclic amines) is 1. The van der Waals surface area contributed by atoms with Gasteiger partial charge in [-0.05, 0) is 30.1 Å². The van der Waals surface area contributed by atoms with Crippen molar-refractivity contribution in [2.75, 3.05) is 18.8 Å². The van der Waals surface area contributed by atoms with Gasteiger partial charge in [-0.3, -0.25) is 4.90 Å². The van der Waals surface area contributed by atoms with E-state index in [1.165, 1.54) is 24.8 Å². The minimum Gasteiger partial charge on any atom is -0.346 e. The summed E-state index contributed by atoms with van der Waals surface area (Å²) in [7, 11) is 0. The molecule has 0 spiro atoms. The molecule has 3 heteroatoms. The lowest BCUT2D eigenvalue weighted by Gasteiger charge is -2.25. The Morgan fingerprint density at radius 3 is 2.56 bits per heavy atom. The van der Waals surface area contributed by atoms with Crippen LogP contribution in [0.4, 0.5) is 0 Å². The molecule has 1 aliphatic rings. The molecule has 1 saturated heterocycles. The Morgan fingerprint density at radius 1 is 1.22 bits per heavy atom. The van der Waals surface area contributed by atoms with E-state index in [2.05, 4.69) is 36.1 Å². The Morgan fingerprint density at radius 2 is 1.89 bits per heavy atom. The number of benzene rings is 1. The van der Waals surface area contributed by atoms with Gasteiger partial charge in [-0.1, -0.05) is 43.7 Å². The van der Waals surface area contributed by atoms with E-state index in [-0.39, 0.29) is 0 Å². The Bertz CT molecular complexity index is 385. The van der Waals surface area contributed by atoms with E-state index < -0.39 is 0 Å². The van der Waals surface area contributed by atoms with E-state index in [0.717, 1.165) is 30.2 Å². The molecule has 1 atom stereocenters. The molecular formula is C15H23NOS. The number of hydrogen-bond donors (Lipinski definition) is 2. The normalized spacial score (nSPS) is 20.2. The van der Waals surface area contributed by atoms with E-state index in [4.69, 9.17) is 0 Å². The summed E-state index contributed by atoms with van der Waals surface area (Å²) >= 11 is 1.06. The molecule has 0 aliphatic carbocycles. The molecule has 1 aliphatic heterocycles. The van der Waals surface area contributed by atoms with Crippen LogP contribution in [0.2, 0.25) is 0 Å². The van der Waals surface area contributed by atoms with Crippen LogP contribution in [0.3, 0.4) is 0 Å². The van der Waals surface area contributed by atoms with Crippen LogP contribution in [0, 0.1) is 0 Å². The standard InChI is InChI=1S/C15H23NOS/c1-13(14-8-4-2-5-9-14)12-18-15(17)16-10-6-3-7-11-16/h2,4-5,8-9,13,17-18H,3,6-7,10-12H2,1H3/t13-/m0/s1. The molecular weight excluding hydrogens is 242 g/mol. The van der Waals surface area contributed by atoms with Crippen molar-refractivity contribution < 1.29 is 5.11 Å². The van der Waals surface area contributed by atoms with E-state index in [9.17, 15) is 5.11 Å². The summed E-state index contributed by atoms with van der Waals surface area (Å²) in [5.41, 5.74) is 1.36. The van der Waals surface area contributed by atoms with Crippen molar-refractivity contribution >= 4 is 16.5 Å². The monoisotopic (exact) mass is 265 g/mol. The topological polar surface area (TPSA) is 23.5 Å². The minimum atomic E-state index is 0.500. The van der Waals surface area contributed by atoms with Crippen LogP contribution in [0.25, 0.3) is 0 Å². The minimum absolute atomic E-state index is 0.500. The first-order valence-electron chi connectivity index (χ1n) is 6.80. The fourth-order valence-corrected chi connectivity index (χ4v) is 3.35. The zero-order valence-electron chi connectivity index (χ0n) is 11.0. The summed E-state index contributed by atoms with van der Waals surface area (Å²) in [6, 6.07) is 10.5. The zero-order valence-corrected chi connectivity index (χ0v) is 11.9. The van der Waals surface area contributed by atoms with Gasteiger partial charge in [-0.15, -0.1) is 0 Å². The third-order valence-corrected chi connectivity index (χ3v) is 4.81. The number of thiol groups is 1. The molecule has 0 bridgehead atoms. The maximum Gasteiger partial charge on any atom is 0.142 e. The molecule has 100 valence electrons. The summed E-state index contributed by atoms with van der Waals surface area (Å²) in [5.74, 6) is 1.49. The summed E-state index contributed by atoms with van der Waals surface area (Å²) in [5, 5.41) is 10.7. The van der Waals surface area contributed by atoms with Gasteiger partial charge in [-0.2, -0.15) is 11.4 Å². The number of rotatable bonds is 3. The highest BCUT2D eigenvalue weighted by atomic mass is 32.1. The van der Waals surface area contributed by atoms with Crippen molar-refractivity contribution in [1.29, 1.82) is 0 Å². The molecule has 1 fully saturated rings. The molecule has 1 heterocycles. The smallest absolute Gasteiger partial charge is 0.142 e. The summed E-state index contributed by atoms with van der Waals surface area (Å²) < 4.78 is 0. The lowest BCUT2D eigenvalue weighted by atomic mass is 10.0. The van der Waals surface area contributed by atoms with Crippen molar-refractivity contribution in [1.82, 2.24) is 4.90 Å². The first-order chi connectivity index (χ1) is 8.77. The van der Waals surface area contributed by atoms with Gasteiger partial charge >= 0.3 is 0 Å². The number of nitrogens with zero attached hydrogens (tertiary/aromatic N) is 1. The van der Waals surface area contributed by atoms with Crippen LogP contribution in [0.1, 0.15) is 37.7 Å². The maximum absolute atomic E-state index is 10.1. The number of piperidine rings is 1. The SMILES string of the molecule is C[C@@H](C[SH]=C(O)N1CCCCC1)c1ccccc1. The largest absolute Gasteiger partial charge is 0.346 e. The second-order valence-electron chi connectivity index (χ2n) is 5.00. The molecule has 0 aromatic heterocycles. The number of hydrogen-bond acceptors (Lipinski definition) is 0. The van der Waals surface area contributed by atoms with Crippen LogP contribution < -0.4 is 0 Å². The summed E-state index contributed by atoms with van der Waals surface area (Å²) in [6.45, 7) is 4.28. The van der Waals surface area contributed by atoms with E-state index in [1.54, 1.807) is 0 Å². The van der Waals surface area contributed by atoms with E-state index in [1.807, 2.05) is 6.07 Å². The van der Waals surface area contributed by atoms with Crippen LogP contribution in [-0.2, 0) is 0 Å². The Hall–Kier alpha value is -0.640. The van der Waals surface area contributed by atoms with Gasteiger partial charge in [0.05, 0.1) is 0 Å². The van der Waals surface area contributed by atoms with Gasteiger partial charge in [-0.25, -0.2) is 0 Å². The molecule has 1 aromatic rings. The van der Waals surface area contributed by atoms with Gasteiger partial charge in [0.15, 0.2) is 0 Å². The third-order valence-electron chi connectivity index (χ3n) is 3.51. The molecule has 0 amide bonds. The summed E-state index contributed by atoms with van der Waals surface area (Å²) in [4.78, 5) is 2.14. The van der Waals surface area contributed by atoms with Gasteiger partial charge in [0.1, 0.15) is 5.17 Å². The first kappa shape index (κ1) is 13.8. The number of aliphatic hydroxyl groups is 1. The predicted molar refractivity (Wildman–Crippen MR) is 81.8 cm³/mol. The zero-order chi connectivity index (χ0) is 12.8. The van der Waals surface area contributed by atoms with Gasteiger partial charge < -0.3 is 5.11 Å². The van der Waals surface area contributed by atoms with Crippen LogP contribution in [0.5, 0.6) is 0 Å². The van der Waals surface area contributed by atoms with Gasteiger partial charge in [0.2, 0.25) is 0 Å². The molecule has 0 radical (unpaired) electrons. The third kappa shape index (κ3) is 3.94. The molecule has 2 nitrogen and oxygen atoms in total. The van der Waals surface area contributed by atoms with Crippen molar-refractivity contribution in [3.8, 4) is 0 Å². The Labute approximate surface area is 114 Å². The Kier molecular flexibility index (Phi) is 5.42. The van der Waals surface area contributed by atoms with Crippen LogP contribution >= 0.6 is 11.4 Å². The molecule has 1 N–H and O–H groups in total. The van der Waals surface area contributed by atoms with Crippen molar-refractivity contribution in [2.24, 2.45) is 0 Å². The van der Waals surface area contributed by atoms with Gasteiger partial charge in [0, 0.05) is 13.1 Å². The molecule has 18 heavy (non-hydrogen) atoms. The quantitative estimate of drug-likeness (QED) is 0.646. The lowest BCUT2D eigenvalue weighted by Crippen LogP contribution is -2.34. The highest BCUT2D eigenvalue weighted by molar-refractivity contribution is 7.98. The van der Waals surface area contributed by atoms with Crippen molar-refractivity contribution in [3.63, 3.8) is 0 Å². The van der Waals surface area contributed by atoms with Crippen LogP contribution in [0.15, 0.2) is 30.3 Å². The van der Waals surface area contributed by atoms with Crippen LogP contribution in [-0.4, -0.2) is 34.0 Å². The van der Waals surface area contributed by atoms with Gasteiger partial charge in [0.25, 0.3) is 0 Å². The summed E-state index contributed by atoms with van der Waals surface area (Å²) in [6.07, 6.45) is 3.74. The second kappa shape index (κ2) is 7.07. The Balaban J connectivity index is 1.89. The fraction of sp³-hybridized carbons (Fsp3) is 0.533. The lowest BCUT2D eigenvalue weighted by molar-refractivity contribution is 0.295. The van der Waals surface area contributed by atoms with Crippen molar-refractivity contribution in [2.45, 2.75) is 32.1 Å². The average molecular weight is 265 g/mol. The van der Waals surface area contributed by atoms with E-state index in [0.29, 0.717) is 11.1 Å². The average Bonchev–Trinajstić information content (AvgIpc) is 2.46. The second-order valence-corrected chi connectivity index (χ2v) is 6.08. The predicted octanol–water partition coefficient (Wildman–Crippen LogP) is 3.39. The van der Waals surface area contributed by atoms with E-state index >= 15 is 0 Å². The highest BCUT2D eigenvalue weighted by Crippen LogP contribution is 2.18. The van der Waals surface area contributed by atoms with Crippen molar-refractivity contribution in [3.05, 3.63) is 35.9 Å².